The number of benzene rings is 2. The van der Waals surface area contributed by atoms with Gasteiger partial charge in [0.15, 0.2) is 0 Å². The molecule has 0 atom stereocenters. The lowest BCUT2D eigenvalue weighted by atomic mass is 10.1. The third kappa shape index (κ3) is 5.04. The second kappa shape index (κ2) is 8.41. The largest absolute Gasteiger partial charge is 0.444 e. The summed E-state index contributed by atoms with van der Waals surface area (Å²) in [6, 6.07) is 5.27. The Hall–Kier alpha value is -3.36. The van der Waals surface area contributed by atoms with Crippen LogP contribution in [0.3, 0.4) is 0 Å². The van der Waals surface area contributed by atoms with Crippen molar-refractivity contribution in [3.63, 3.8) is 0 Å². The molecule has 0 aliphatic rings. The molecule has 3 rings (SSSR count). The molecule has 164 valence electrons. The summed E-state index contributed by atoms with van der Waals surface area (Å²) in [7, 11) is 0. The highest BCUT2D eigenvalue weighted by Crippen LogP contribution is 2.20. The number of carbonyl (C=O) groups excluding carboxylic acids is 1. The van der Waals surface area contributed by atoms with E-state index in [4.69, 9.17) is 4.74 Å². The summed E-state index contributed by atoms with van der Waals surface area (Å²) in [5, 5.41) is 2.53. The van der Waals surface area contributed by atoms with Crippen LogP contribution < -0.4 is 10.9 Å². The van der Waals surface area contributed by atoms with E-state index in [0.29, 0.717) is 11.6 Å². The zero-order valence-corrected chi connectivity index (χ0v) is 17.6. The molecular formula is C22H22F3N3O3. The van der Waals surface area contributed by atoms with Crippen LogP contribution in [-0.4, -0.2) is 27.8 Å². The van der Waals surface area contributed by atoms with Crippen LogP contribution in [-0.2, 0) is 11.2 Å². The van der Waals surface area contributed by atoms with Crippen LogP contribution in [0.25, 0.3) is 16.6 Å². The summed E-state index contributed by atoms with van der Waals surface area (Å²) in [6.07, 6.45) is -0.698. The number of ether oxygens (including phenoxy) is 1. The Kier molecular flexibility index (Phi) is 6.06. The van der Waals surface area contributed by atoms with E-state index in [-0.39, 0.29) is 35.4 Å². The van der Waals surface area contributed by atoms with Crippen molar-refractivity contribution in [3.8, 4) is 5.69 Å². The number of aryl methyl sites for hydroxylation is 1. The number of nitrogens with one attached hydrogen (secondary N) is 1. The highest BCUT2D eigenvalue weighted by Gasteiger charge is 2.19. The van der Waals surface area contributed by atoms with E-state index in [1.807, 2.05) is 0 Å². The lowest BCUT2D eigenvalue weighted by molar-refractivity contribution is 0.0528. The van der Waals surface area contributed by atoms with E-state index >= 15 is 0 Å². The molecule has 1 aromatic heterocycles. The van der Waals surface area contributed by atoms with Gasteiger partial charge in [-0.05, 0) is 51.5 Å². The monoisotopic (exact) mass is 433 g/mol. The van der Waals surface area contributed by atoms with Gasteiger partial charge >= 0.3 is 6.09 Å². The fourth-order valence-electron chi connectivity index (χ4n) is 3.15. The minimum Gasteiger partial charge on any atom is -0.444 e. The normalized spacial score (nSPS) is 11.6. The molecule has 1 heterocycles. The number of aromatic nitrogens is 2. The number of alkyl carbamates (subject to hydrolysis) is 1. The minimum absolute atomic E-state index is 0.00189. The van der Waals surface area contributed by atoms with Crippen LogP contribution in [0.2, 0.25) is 0 Å². The van der Waals surface area contributed by atoms with Gasteiger partial charge in [0, 0.05) is 19.0 Å². The summed E-state index contributed by atoms with van der Waals surface area (Å²) in [5.41, 5.74) is -1.14. The SMILES string of the molecule is Cc1ccc(F)c2nc(CCNC(=O)OC(C)(C)C)n(-c3cc(F)cc(F)c3)c(=O)c12. The molecule has 31 heavy (non-hydrogen) atoms. The second-order valence-corrected chi connectivity index (χ2v) is 8.06. The first-order valence-corrected chi connectivity index (χ1v) is 9.60. The molecule has 1 N–H and O–H groups in total. The smallest absolute Gasteiger partial charge is 0.407 e. The van der Waals surface area contributed by atoms with E-state index < -0.39 is 34.7 Å². The maximum atomic E-state index is 14.4. The number of hydrogen-bond donors (Lipinski definition) is 1. The summed E-state index contributed by atoms with van der Waals surface area (Å²) in [4.78, 5) is 29.4. The summed E-state index contributed by atoms with van der Waals surface area (Å²) in [5.74, 6) is -2.42. The molecule has 2 aromatic carbocycles. The fourth-order valence-corrected chi connectivity index (χ4v) is 3.15. The first-order valence-electron chi connectivity index (χ1n) is 9.60. The van der Waals surface area contributed by atoms with E-state index in [2.05, 4.69) is 10.3 Å². The van der Waals surface area contributed by atoms with Crippen molar-refractivity contribution in [1.82, 2.24) is 14.9 Å². The lowest BCUT2D eigenvalue weighted by Crippen LogP contribution is -2.34. The van der Waals surface area contributed by atoms with Gasteiger partial charge in [0.2, 0.25) is 0 Å². The van der Waals surface area contributed by atoms with E-state index in [1.54, 1.807) is 27.7 Å². The molecule has 0 fully saturated rings. The Balaban J connectivity index is 2.09. The number of rotatable bonds is 4. The van der Waals surface area contributed by atoms with Crippen molar-refractivity contribution in [2.75, 3.05) is 6.54 Å². The zero-order valence-electron chi connectivity index (χ0n) is 17.6. The van der Waals surface area contributed by atoms with Crippen molar-refractivity contribution in [3.05, 3.63) is 69.5 Å². The van der Waals surface area contributed by atoms with E-state index in [1.165, 1.54) is 12.1 Å². The van der Waals surface area contributed by atoms with Gasteiger partial charge in [-0.1, -0.05) is 6.07 Å². The number of carbonyl (C=O) groups is 1. The second-order valence-electron chi connectivity index (χ2n) is 8.06. The molecule has 0 aliphatic heterocycles. The van der Waals surface area contributed by atoms with Crippen molar-refractivity contribution in [2.45, 2.75) is 39.7 Å². The quantitative estimate of drug-likeness (QED) is 0.670. The highest BCUT2D eigenvalue weighted by molar-refractivity contribution is 5.82. The number of nitrogens with zero attached hydrogens (tertiary/aromatic N) is 2. The third-order valence-electron chi connectivity index (χ3n) is 4.38. The topological polar surface area (TPSA) is 73.2 Å². The van der Waals surface area contributed by atoms with Gasteiger partial charge in [0.25, 0.3) is 5.56 Å². The molecular weight excluding hydrogens is 411 g/mol. The molecule has 0 saturated carbocycles. The first-order chi connectivity index (χ1) is 14.5. The van der Waals surface area contributed by atoms with E-state index in [9.17, 15) is 22.8 Å². The summed E-state index contributed by atoms with van der Waals surface area (Å²) >= 11 is 0. The van der Waals surface area contributed by atoms with E-state index in [0.717, 1.165) is 16.7 Å². The van der Waals surface area contributed by atoms with Crippen LogP contribution in [0.5, 0.6) is 0 Å². The van der Waals surface area contributed by atoms with Gasteiger partial charge in [-0.3, -0.25) is 9.36 Å². The van der Waals surface area contributed by atoms with Gasteiger partial charge in [0.05, 0.1) is 11.1 Å². The molecule has 0 radical (unpaired) electrons. The number of amides is 1. The Labute approximate surface area is 176 Å². The number of hydrogen-bond acceptors (Lipinski definition) is 4. The van der Waals surface area contributed by atoms with Crippen LogP contribution in [0.1, 0.15) is 32.2 Å². The van der Waals surface area contributed by atoms with Gasteiger partial charge in [0.1, 0.15) is 34.4 Å². The molecule has 0 spiro atoms. The first kappa shape index (κ1) is 22.3. The fraction of sp³-hybridized carbons (Fsp3) is 0.318. The van der Waals surface area contributed by atoms with Crippen molar-refractivity contribution in [2.24, 2.45) is 0 Å². The molecule has 1 amide bonds. The van der Waals surface area contributed by atoms with Crippen molar-refractivity contribution < 1.29 is 22.7 Å². The number of halogens is 3. The van der Waals surface area contributed by atoms with Crippen LogP contribution in [0.4, 0.5) is 18.0 Å². The van der Waals surface area contributed by atoms with Gasteiger partial charge in [-0.15, -0.1) is 0 Å². The Bertz CT molecular complexity index is 1200. The molecule has 3 aromatic rings. The van der Waals surface area contributed by atoms with Gasteiger partial charge in [-0.2, -0.15) is 0 Å². The number of fused-ring (bicyclic) bond motifs is 1. The van der Waals surface area contributed by atoms with Gasteiger partial charge in [-0.25, -0.2) is 22.9 Å². The average Bonchev–Trinajstić information content (AvgIpc) is 2.62. The standard InChI is InChI=1S/C22H22F3N3O3/c1-12-5-6-16(25)19-18(12)20(29)28(15-10-13(23)9-14(24)11-15)17(27-19)7-8-26-21(30)31-22(2,3)4/h5-6,9-11H,7-8H2,1-4H3,(H,26,30). The van der Waals surface area contributed by atoms with Gasteiger partial charge < -0.3 is 10.1 Å². The molecule has 0 aliphatic carbocycles. The summed E-state index contributed by atoms with van der Waals surface area (Å²) < 4.78 is 48.3. The Morgan fingerprint density at radius 1 is 1.13 bits per heavy atom. The van der Waals surface area contributed by atoms with Crippen molar-refractivity contribution >= 4 is 17.0 Å². The van der Waals surface area contributed by atoms with Crippen LogP contribution >= 0.6 is 0 Å². The Morgan fingerprint density at radius 2 is 1.77 bits per heavy atom. The maximum Gasteiger partial charge on any atom is 0.407 e. The molecule has 0 saturated heterocycles. The lowest BCUT2D eigenvalue weighted by Gasteiger charge is -2.20. The molecule has 6 nitrogen and oxygen atoms in total. The summed E-state index contributed by atoms with van der Waals surface area (Å²) in [6.45, 7) is 6.74. The predicted molar refractivity (Wildman–Crippen MR) is 110 cm³/mol. The predicted octanol–water partition coefficient (Wildman–Crippen LogP) is 4.18. The van der Waals surface area contributed by atoms with Crippen LogP contribution in [0.15, 0.2) is 35.1 Å². The molecule has 9 heteroatoms. The molecule has 0 unspecified atom stereocenters. The van der Waals surface area contributed by atoms with Crippen molar-refractivity contribution in [1.29, 1.82) is 0 Å². The Morgan fingerprint density at radius 3 is 2.39 bits per heavy atom. The molecule has 0 bridgehead atoms. The average molecular weight is 433 g/mol. The highest BCUT2D eigenvalue weighted by atomic mass is 19.1. The maximum absolute atomic E-state index is 14.4. The van der Waals surface area contributed by atoms with Crippen LogP contribution in [0, 0.1) is 24.4 Å². The third-order valence-corrected chi connectivity index (χ3v) is 4.38. The zero-order chi connectivity index (χ0) is 22.9. The minimum atomic E-state index is -0.879.